The molecule has 0 unspecified atom stereocenters. The smallest absolute Gasteiger partial charge is 0.254 e. The third-order valence-corrected chi connectivity index (χ3v) is 5.51. The van der Waals surface area contributed by atoms with Gasteiger partial charge >= 0.3 is 0 Å². The molecule has 0 radical (unpaired) electrons. The second-order valence-corrected chi connectivity index (χ2v) is 7.30. The molecule has 0 fully saturated rings. The van der Waals surface area contributed by atoms with Gasteiger partial charge in [0, 0.05) is 19.6 Å². The summed E-state index contributed by atoms with van der Waals surface area (Å²) in [4.78, 5) is 16.8. The van der Waals surface area contributed by atoms with E-state index in [2.05, 4.69) is 57.6 Å². The van der Waals surface area contributed by atoms with Gasteiger partial charge < -0.3 is 10.2 Å². The number of unbranched alkanes of at least 4 members (excludes halogenated alkanes) is 1. The number of hydrogen-bond acceptors (Lipinski definition) is 3. The lowest BCUT2D eigenvalue weighted by Gasteiger charge is -2.31. The molecule has 0 spiro atoms. The van der Waals surface area contributed by atoms with Gasteiger partial charge in [-0.05, 0) is 49.1 Å². The molecule has 27 heavy (non-hydrogen) atoms. The van der Waals surface area contributed by atoms with Crippen LogP contribution in [0.1, 0.15) is 35.2 Å². The number of amides is 1. The number of carbonyl (C=O) groups excluding carboxylic acids is 1. The third kappa shape index (κ3) is 4.22. The zero-order valence-corrected chi connectivity index (χ0v) is 15.7. The van der Waals surface area contributed by atoms with Crippen molar-refractivity contribution in [2.75, 3.05) is 37.7 Å². The quantitative estimate of drug-likeness (QED) is 0.796. The molecule has 2 aliphatic rings. The summed E-state index contributed by atoms with van der Waals surface area (Å²) in [5.74, 6) is 0.0381. The van der Waals surface area contributed by atoms with Crippen LogP contribution in [0.15, 0.2) is 60.7 Å². The Hall–Kier alpha value is -2.59. The van der Waals surface area contributed by atoms with Crippen LogP contribution in [0.3, 0.4) is 0 Å². The summed E-state index contributed by atoms with van der Waals surface area (Å²) in [6.07, 6.45) is 5.84. The number of hydrogen-bond donors (Lipinski definition) is 1. The normalized spacial score (nSPS) is 17.3. The topological polar surface area (TPSA) is 35.6 Å². The summed E-state index contributed by atoms with van der Waals surface area (Å²) in [6.45, 7) is 4.93. The molecule has 2 heterocycles. The summed E-state index contributed by atoms with van der Waals surface area (Å²) >= 11 is 0. The average Bonchev–Trinajstić information content (AvgIpc) is 2.74. The van der Waals surface area contributed by atoms with Gasteiger partial charge in [0.15, 0.2) is 0 Å². The maximum Gasteiger partial charge on any atom is 0.254 e. The van der Waals surface area contributed by atoms with Gasteiger partial charge in [0.25, 0.3) is 5.91 Å². The van der Waals surface area contributed by atoms with Crippen molar-refractivity contribution >= 4 is 17.2 Å². The molecule has 4 heteroatoms. The highest BCUT2D eigenvalue weighted by molar-refractivity contribution is 6.01. The largest absolute Gasteiger partial charge is 0.353 e. The fraction of sp³-hybridized carbons (Fsp3) is 0.348. The van der Waals surface area contributed by atoms with Crippen LogP contribution in [0.25, 0.3) is 5.57 Å². The number of para-hydroxylation sites is 1. The first-order chi connectivity index (χ1) is 13.3. The van der Waals surface area contributed by atoms with Crippen LogP contribution in [-0.2, 0) is 0 Å². The van der Waals surface area contributed by atoms with Crippen molar-refractivity contribution in [3.8, 4) is 0 Å². The lowest BCUT2D eigenvalue weighted by Crippen LogP contribution is -2.44. The van der Waals surface area contributed by atoms with Crippen molar-refractivity contribution in [3.63, 3.8) is 0 Å². The minimum absolute atomic E-state index is 0.0381. The summed E-state index contributed by atoms with van der Waals surface area (Å²) in [6, 6.07) is 18.6. The molecule has 2 aliphatic heterocycles. The monoisotopic (exact) mass is 361 g/mol. The van der Waals surface area contributed by atoms with Crippen LogP contribution >= 0.6 is 0 Å². The van der Waals surface area contributed by atoms with E-state index in [-0.39, 0.29) is 5.91 Å². The van der Waals surface area contributed by atoms with Gasteiger partial charge in [0.2, 0.25) is 0 Å². The molecule has 4 nitrogen and oxygen atoms in total. The Bertz CT molecular complexity index is 815. The number of fused-ring (bicyclic) bond motifs is 1. The number of nitrogens with one attached hydrogen (secondary N) is 1. The zero-order chi connectivity index (χ0) is 18.5. The first-order valence-electron chi connectivity index (χ1n) is 9.90. The maximum absolute atomic E-state index is 11.9. The molecule has 1 N–H and O–H groups in total. The highest BCUT2D eigenvalue weighted by atomic mass is 16.2. The molecule has 0 saturated carbocycles. The second kappa shape index (κ2) is 8.40. The highest BCUT2D eigenvalue weighted by Crippen LogP contribution is 2.24. The van der Waals surface area contributed by atoms with Crippen molar-refractivity contribution in [2.45, 2.75) is 19.3 Å². The van der Waals surface area contributed by atoms with E-state index < -0.39 is 0 Å². The van der Waals surface area contributed by atoms with Crippen molar-refractivity contribution in [2.24, 2.45) is 0 Å². The van der Waals surface area contributed by atoms with E-state index in [1.807, 2.05) is 18.2 Å². The molecule has 2 aromatic rings. The Labute approximate surface area is 161 Å². The van der Waals surface area contributed by atoms with Gasteiger partial charge in [-0.3, -0.25) is 9.69 Å². The Morgan fingerprint density at radius 1 is 0.926 bits per heavy atom. The van der Waals surface area contributed by atoms with E-state index >= 15 is 0 Å². The number of anilines is 1. The lowest BCUT2D eigenvalue weighted by atomic mass is 9.99. The van der Waals surface area contributed by atoms with Crippen LogP contribution in [0.2, 0.25) is 0 Å². The minimum atomic E-state index is 0.0381. The standard InChI is InChI=1S/C23H27N3O/c27-23-21-10-4-5-11-22(21)26(18-24-23)15-7-6-14-25-16-12-20(13-17-25)19-8-2-1-3-9-19/h1-5,8-12H,6-7,13-18H2,(H,24,27). The molecule has 4 rings (SSSR count). The van der Waals surface area contributed by atoms with Crippen LogP contribution in [-0.4, -0.2) is 43.7 Å². The van der Waals surface area contributed by atoms with Gasteiger partial charge in [-0.1, -0.05) is 48.5 Å². The van der Waals surface area contributed by atoms with E-state index in [1.54, 1.807) is 0 Å². The number of nitrogens with zero attached hydrogens (tertiary/aromatic N) is 2. The summed E-state index contributed by atoms with van der Waals surface area (Å²) < 4.78 is 0. The third-order valence-electron chi connectivity index (χ3n) is 5.51. The number of benzene rings is 2. The van der Waals surface area contributed by atoms with Crippen LogP contribution in [0.5, 0.6) is 0 Å². The van der Waals surface area contributed by atoms with Crippen molar-refractivity contribution < 1.29 is 4.79 Å². The molecule has 1 amide bonds. The summed E-state index contributed by atoms with van der Waals surface area (Å²) in [5, 5.41) is 2.97. The Morgan fingerprint density at radius 3 is 2.52 bits per heavy atom. The van der Waals surface area contributed by atoms with Gasteiger partial charge in [0.05, 0.1) is 17.9 Å². The molecular formula is C23H27N3O. The van der Waals surface area contributed by atoms with Crippen LogP contribution in [0.4, 0.5) is 5.69 Å². The van der Waals surface area contributed by atoms with Crippen LogP contribution < -0.4 is 10.2 Å². The van der Waals surface area contributed by atoms with Crippen molar-refractivity contribution in [1.29, 1.82) is 0 Å². The number of rotatable bonds is 6. The van der Waals surface area contributed by atoms with Gasteiger partial charge in [-0.15, -0.1) is 0 Å². The molecule has 0 bridgehead atoms. The molecule has 0 aliphatic carbocycles. The van der Waals surface area contributed by atoms with Gasteiger partial charge in [-0.25, -0.2) is 0 Å². The summed E-state index contributed by atoms with van der Waals surface area (Å²) in [7, 11) is 0. The molecule has 0 aromatic heterocycles. The average molecular weight is 361 g/mol. The SMILES string of the molecule is O=C1NCN(CCCCN2CC=C(c3ccccc3)CC2)c2ccccc21. The van der Waals surface area contributed by atoms with Gasteiger partial charge in [0.1, 0.15) is 0 Å². The number of carbonyl (C=O) groups is 1. The molecule has 140 valence electrons. The Balaban J connectivity index is 1.23. The van der Waals surface area contributed by atoms with Crippen molar-refractivity contribution in [1.82, 2.24) is 10.2 Å². The fourth-order valence-electron chi connectivity index (χ4n) is 3.96. The lowest BCUT2D eigenvalue weighted by molar-refractivity contribution is 0.0947. The van der Waals surface area contributed by atoms with Gasteiger partial charge in [-0.2, -0.15) is 0 Å². The molecular weight excluding hydrogens is 334 g/mol. The Kier molecular flexibility index (Phi) is 5.54. The van der Waals surface area contributed by atoms with E-state index in [0.717, 1.165) is 50.3 Å². The first kappa shape index (κ1) is 17.8. The highest BCUT2D eigenvalue weighted by Gasteiger charge is 2.21. The summed E-state index contributed by atoms with van der Waals surface area (Å²) in [5.41, 5.74) is 4.70. The van der Waals surface area contributed by atoms with E-state index in [1.165, 1.54) is 17.6 Å². The first-order valence-corrected chi connectivity index (χ1v) is 9.90. The Morgan fingerprint density at radius 2 is 1.70 bits per heavy atom. The van der Waals surface area contributed by atoms with Crippen LogP contribution in [0, 0.1) is 0 Å². The molecule has 0 saturated heterocycles. The minimum Gasteiger partial charge on any atom is -0.353 e. The zero-order valence-electron chi connectivity index (χ0n) is 15.7. The van der Waals surface area contributed by atoms with E-state index in [0.29, 0.717) is 6.67 Å². The maximum atomic E-state index is 11.9. The molecule has 0 atom stereocenters. The second-order valence-electron chi connectivity index (χ2n) is 7.30. The predicted octanol–water partition coefficient (Wildman–Crippen LogP) is 3.76. The van der Waals surface area contributed by atoms with E-state index in [9.17, 15) is 4.79 Å². The predicted molar refractivity (Wildman–Crippen MR) is 111 cm³/mol. The molecule has 2 aromatic carbocycles. The van der Waals surface area contributed by atoms with E-state index in [4.69, 9.17) is 0 Å². The fourth-order valence-corrected chi connectivity index (χ4v) is 3.96. The van der Waals surface area contributed by atoms with Crippen molar-refractivity contribution in [3.05, 3.63) is 71.8 Å².